The van der Waals surface area contributed by atoms with Crippen molar-refractivity contribution in [2.45, 2.75) is 13.3 Å². The van der Waals surface area contributed by atoms with Crippen LogP contribution in [0, 0.1) is 0 Å². The van der Waals surface area contributed by atoms with E-state index in [1.807, 2.05) is 0 Å². The maximum Gasteiger partial charge on any atom is 0.307 e. The van der Waals surface area contributed by atoms with E-state index in [1.165, 1.54) is 18.9 Å². The number of carbonyl (C=O) groups excluding carboxylic acids is 3. The zero-order valence-electron chi connectivity index (χ0n) is 12.7. The molecule has 1 aromatic carbocycles. The molecule has 0 saturated carbocycles. The van der Waals surface area contributed by atoms with Gasteiger partial charge in [-0.1, -0.05) is 6.07 Å². The Morgan fingerprint density at radius 3 is 2.59 bits per heavy atom. The largest absolute Gasteiger partial charge is 0.469 e. The number of hydrogen-bond acceptors (Lipinski definition) is 5. The van der Waals surface area contributed by atoms with E-state index in [0.717, 1.165) is 0 Å². The van der Waals surface area contributed by atoms with Crippen molar-refractivity contribution in [3.05, 3.63) is 29.8 Å². The summed E-state index contributed by atoms with van der Waals surface area (Å²) in [6.45, 7) is 1.43. The summed E-state index contributed by atoms with van der Waals surface area (Å²) in [4.78, 5) is 36.0. The molecule has 1 aromatic rings. The topological polar surface area (TPSA) is 95.9 Å². The van der Waals surface area contributed by atoms with Crippen LogP contribution in [0.4, 0.5) is 5.69 Å². The van der Waals surface area contributed by atoms with Crippen molar-refractivity contribution in [3.63, 3.8) is 0 Å². The van der Waals surface area contributed by atoms with Crippen molar-refractivity contribution in [2.24, 2.45) is 0 Å². The second kappa shape index (κ2) is 8.78. The SMILES string of the molecule is COC(=O)CCN(CCO)C(=O)c1cccc(NC(C)=O)c1. The molecular weight excluding hydrogens is 288 g/mol. The number of benzene rings is 1. The van der Waals surface area contributed by atoms with E-state index in [2.05, 4.69) is 10.1 Å². The lowest BCUT2D eigenvalue weighted by molar-refractivity contribution is -0.140. The molecule has 0 bridgehead atoms. The van der Waals surface area contributed by atoms with Crippen LogP contribution in [0.3, 0.4) is 0 Å². The fourth-order valence-electron chi connectivity index (χ4n) is 1.88. The molecule has 7 heteroatoms. The van der Waals surface area contributed by atoms with Gasteiger partial charge in [0.1, 0.15) is 0 Å². The summed E-state index contributed by atoms with van der Waals surface area (Å²) in [6.07, 6.45) is 0.0492. The van der Waals surface area contributed by atoms with Crippen LogP contribution in [-0.2, 0) is 14.3 Å². The Kier molecular flexibility index (Phi) is 7.04. The Morgan fingerprint density at radius 2 is 2.00 bits per heavy atom. The molecule has 7 nitrogen and oxygen atoms in total. The standard InChI is InChI=1S/C15H20N2O5/c1-11(19)16-13-5-3-4-12(10-13)15(21)17(8-9-18)7-6-14(20)22-2/h3-5,10,18H,6-9H2,1-2H3,(H,16,19). The van der Waals surface area contributed by atoms with Gasteiger partial charge in [0.2, 0.25) is 5.91 Å². The van der Waals surface area contributed by atoms with Gasteiger partial charge in [-0.05, 0) is 18.2 Å². The molecule has 0 spiro atoms. The Balaban J connectivity index is 2.84. The van der Waals surface area contributed by atoms with E-state index in [0.29, 0.717) is 11.3 Å². The zero-order chi connectivity index (χ0) is 16.5. The minimum Gasteiger partial charge on any atom is -0.469 e. The maximum atomic E-state index is 12.4. The van der Waals surface area contributed by atoms with Gasteiger partial charge in [-0.15, -0.1) is 0 Å². The molecule has 0 unspecified atom stereocenters. The van der Waals surface area contributed by atoms with Gasteiger partial charge in [0.25, 0.3) is 5.91 Å². The number of ether oxygens (including phenoxy) is 1. The van der Waals surface area contributed by atoms with Gasteiger partial charge in [0.15, 0.2) is 0 Å². The van der Waals surface area contributed by atoms with Crippen molar-refractivity contribution in [1.29, 1.82) is 0 Å². The van der Waals surface area contributed by atoms with Crippen LogP contribution in [0.5, 0.6) is 0 Å². The van der Waals surface area contributed by atoms with Gasteiger partial charge in [-0.3, -0.25) is 14.4 Å². The Bertz CT molecular complexity index is 544. The number of methoxy groups -OCH3 is 1. The molecule has 0 radical (unpaired) electrons. The molecule has 0 heterocycles. The fraction of sp³-hybridized carbons (Fsp3) is 0.400. The number of carbonyl (C=O) groups is 3. The highest BCUT2D eigenvalue weighted by molar-refractivity contribution is 5.97. The van der Waals surface area contributed by atoms with Gasteiger partial charge in [-0.25, -0.2) is 0 Å². The van der Waals surface area contributed by atoms with Gasteiger partial charge in [0, 0.05) is 31.3 Å². The Morgan fingerprint density at radius 1 is 1.27 bits per heavy atom. The summed E-state index contributed by atoms with van der Waals surface area (Å²) >= 11 is 0. The number of hydrogen-bond donors (Lipinski definition) is 2. The molecule has 0 aliphatic heterocycles. The van der Waals surface area contributed by atoms with Crippen molar-refractivity contribution in [2.75, 3.05) is 32.1 Å². The zero-order valence-corrected chi connectivity index (χ0v) is 12.7. The lowest BCUT2D eigenvalue weighted by atomic mass is 10.1. The molecule has 0 aliphatic carbocycles. The first-order valence-electron chi connectivity index (χ1n) is 6.82. The van der Waals surface area contributed by atoms with E-state index < -0.39 is 5.97 Å². The summed E-state index contributed by atoms with van der Waals surface area (Å²) in [6, 6.07) is 6.47. The van der Waals surface area contributed by atoms with E-state index >= 15 is 0 Å². The van der Waals surface area contributed by atoms with Gasteiger partial charge in [-0.2, -0.15) is 0 Å². The second-order valence-corrected chi connectivity index (χ2v) is 4.60. The van der Waals surface area contributed by atoms with Crippen LogP contribution < -0.4 is 5.32 Å². The molecule has 0 aliphatic rings. The first-order valence-corrected chi connectivity index (χ1v) is 6.82. The second-order valence-electron chi connectivity index (χ2n) is 4.60. The average Bonchev–Trinajstić information content (AvgIpc) is 2.50. The van der Waals surface area contributed by atoms with Crippen LogP contribution in [-0.4, -0.2) is 54.6 Å². The molecule has 120 valence electrons. The summed E-state index contributed by atoms with van der Waals surface area (Å²) in [7, 11) is 1.28. The lowest BCUT2D eigenvalue weighted by Crippen LogP contribution is -2.35. The molecule has 0 saturated heterocycles. The minimum atomic E-state index is -0.428. The smallest absolute Gasteiger partial charge is 0.307 e. The number of nitrogens with one attached hydrogen (secondary N) is 1. The van der Waals surface area contributed by atoms with Gasteiger partial charge >= 0.3 is 5.97 Å². The normalized spacial score (nSPS) is 9.95. The average molecular weight is 308 g/mol. The van der Waals surface area contributed by atoms with Crippen molar-refractivity contribution in [3.8, 4) is 0 Å². The first kappa shape index (κ1) is 17.6. The number of amides is 2. The molecular formula is C15H20N2O5. The number of anilines is 1. The summed E-state index contributed by atoms with van der Waals surface area (Å²) < 4.78 is 4.54. The fourth-order valence-corrected chi connectivity index (χ4v) is 1.88. The third kappa shape index (κ3) is 5.53. The highest BCUT2D eigenvalue weighted by atomic mass is 16.5. The number of esters is 1. The number of rotatable bonds is 7. The summed E-state index contributed by atoms with van der Waals surface area (Å²) in [5.41, 5.74) is 0.875. The molecule has 0 atom stereocenters. The third-order valence-electron chi connectivity index (χ3n) is 2.90. The van der Waals surface area contributed by atoms with Gasteiger partial charge in [0.05, 0.1) is 20.1 Å². The minimum absolute atomic E-state index is 0.0492. The Hall–Kier alpha value is -2.41. The summed E-state index contributed by atoms with van der Waals surface area (Å²) in [5, 5.41) is 11.7. The third-order valence-corrected chi connectivity index (χ3v) is 2.90. The monoisotopic (exact) mass is 308 g/mol. The van der Waals surface area contributed by atoms with Crippen LogP contribution in [0.1, 0.15) is 23.7 Å². The van der Waals surface area contributed by atoms with Gasteiger partial charge < -0.3 is 20.1 Å². The maximum absolute atomic E-state index is 12.4. The van der Waals surface area contributed by atoms with Crippen LogP contribution >= 0.6 is 0 Å². The van der Waals surface area contributed by atoms with E-state index in [1.54, 1.807) is 24.3 Å². The molecule has 2 N–H and O–H groups in total. The van der Waals surface area contributed by atoms with Crippen molar-refractivity contribution >= 4 is 23.5 Å². The highest BCUT2D eigenvalue weighted by Gasteiger charge is 2.17. The predicted molar refractivity (Wildman–Crippen MR) is 80.4 cm³/mol. The van der Waals surface area contributed by atoms with Crippen molar-refractivity contribution in [1.82, 2.24) is 4.90 Å². The molecule has 0 fully saturated rings. The molecule has 0 aromatic heterocycles. The highest BCUT2D eigenvalue weighted by Crippen LogP contribution is 2.13. The van der Waals surface area contributed by atoms with E-state index in [4.69, 9.17) is 5.11 Å². The number of aliphatic hydroxyl groups is 1. The number of aliphatic hydroxyl groups excluding tert-OH is 1. The molecule has 2 amide bonds. The quantitative estimate of drug-likeness (QED) is 0.721. The van der Waals surface area contributed by atoms with Crippen molar-refractivity contribution < 1.29 is 24.2 Å². The first-order chi connectivity index (χ1) is 10.5. The Labute approximate surface area is 128 Å². The molecule has 22 heavy (non-hydrogen) atoms. The van der Waals surface area contributed by atoms with Crippen LogP contribution in [0.15, 0.2) is 24.3 Å². The predicted octanol–water partition coefficient (Wildman–Crippen LogP) is 0.643. The van der Waals surface area contributed by atoms with Crippen LogP contribution in [0.25, 0.3) is 0 Å². The van der Waals surface area contributed by atoms with E-state index in [9.17, 15) is 14.4 Å². The summed E-state index contributed by atoms with van der Waals surface area (Å²) in [5.74, 6) is -0.990. The van der Waals surface area contributed by atoms with E-state index in [-0.39, 0.29) is 37.9 Å². The van der Waals surface area contributed by atoms with Crippen LogP contribution in [0.2, 0.25) is 0 Å². The molecule has 1 rings (SSSR count). The lowest BCUT2D eigenvalue weighted by Gasteiger charge is -2.21. The number of nitrogens with zero attached hydrogens (tertiary/aromatic N) is 1.